The number of likely N-dealkylation sites (tertiary alicyclic amines) is 1. The van der Waals surface area contributed by atoms with E-state index in [-0.39, 0.29) is 0 Å². The third-order valence-electron chi connectivity index (χ3n) is 3.72. The first-order valence-electron chi connectivity index (χ1n) is 6.99. The summed E-state index contributed by atoms with van der Waals surface area (Å²) >= 11 is 0. The first-order chi connectivity index (χ1) is 7.84. The lowest BCUT2D eigenvalue weighted by Gasteiger charge is -2.19. The van der Waals surface area contributed by atoms with E-state index in [9.17, 15) is 0 Å². The first-order valence-corrected chi connectivity index (χ1v) is 6.99. The van der Waals surface area contributed by atoms with Gasteiger partial charge in [-0.05, 0) is 65.3 Å². The summed E-state index contributed by atoms with van der Waals surface area (Å²) in [5.74, 6) is 0. The Balaban J connectivity index is 1.41. The molecule has 94 valence electrons. The number of hydrogen-bond donors (Lipinski definition) is 1. The van der Waals surface area contributed by atoms with E-state index >= 15 is 0 Å². The van der Waals surface area contributed by atoms with E-state index in [0.29, 0.717) is 0 Å². The second-order valence-electron chi connectivity index (χ2n) is 5.43. The third-order valence-corrected chi connectivity index (χ3v) is 3.72. The predicted octanol–water partition coefficient (Wildman–Crippen LogP) is 1.16. The van der Waals surface area contributed by atoms with Gasteiger partial charge in [-0.2, -0.15) is 0 Å². The summed E-state index contributed by atoms with van der Waals surface area (Å²) in [6, 6.07) is 0.859. The molecule has 0 amide bonds. The predicted molar refractivity (Wildman–Crippen MR) is 68.8 cm³/mol. The second-order valence-corrected chi connectivity index (χ2v) is 5.43. The molecule has 0 spiro atoms. The summed E-state index contributed by atoms with van der Waals surface area (Å²) in [4.78, 5) is 5.07. The molecule has 0 atom stereocenters. The molecule has 0 bridgehead atoms. The van der Waals surface area contributed by atoms with Gasteiger partial charge in [0.15, 0.2) is 0 Å². The quantitative estimate of drug-likeness (QED) is 0.669. The maximum absolute atomic E-state index is 3.57. The Labute approximate surface area is 100 Å². The molecule has 1 saturated heterocycles. The number of nitrogens with zero attached hydrogens (tertiary/aromatic N) is 2. The molecule has 1 saturated carbocycles. The number of likely N-dealkylation sites (N-methyl/N-ethyl adjacent to an activating group) is 1. The van der Waals surface area contributed by atoms with Crippen molar-refractivity contribution in [3.8, 4) is 0 Å². The summed E-state index contributed by atoms with van der Waals surface area (Å²) in [7, 11) is 2.25. The van der Waals surface area contributed by atoms with Crippen LogP contribution in [0.5, 0.6) is 0 Å². The van der Waals surface area contributed by atoms with Gasteiger partial charge in [-0.25, -0.2) is 0 Å². The average molecular weight is 225 g/mol. The highest BCUT2D eigenvalue weighted by atomic mass is 15.2. The molecule has 2 fully saturated rings. The number of rotatable bonds is 8. The van der Waals surface area contributed by atoms with E-state index in [2.05, 4.69) is 22.2 Å². The zero-order valence-corrected chi connectivity index (χ0v) is 10.7. The van der Waals surface area contributed by atoms with Crippen molar-refractivity contribution in [2.24, 2.45) is 0 Å². The molecule has 0 aromatic rings. The monoisotopic (exact) mass is 225 g/mol. The van der Waals surface area contributed by atoms with E-state index in [4.69, 9.17) is 0 Å². The molecule has 3 nitrogen and oxygen atoms in total. The Kier molecular flexibility index (Phi) is 5.07. The highest BCUT2D eigenvalue weighted by Gasteiger charge is 2.19. The van der Waals surface area contributed by atoms with Gasteiger partial charge >= 0.3 is 0 Å². The minimum atomic E-state index is 0.859. The van der Waals surface area contributed by atoms with E-state index < -0.39 is 0 Å². The molecule has 2 rings (SSSR count). The summed E-state index contributed by atoms with van der Waals surface area (Å²) in [6.07, 6.45) is 6.97. The molecule has 3 heteroatoms. The van der Waals surface area contributed by atoms with Crippen LogP contribution in [0.2, 0.25) is 0 Å². The average Bonchev–Trinajstić information content (AvgIpc) is 2.94. The van der Waals surface area contributed by atoms with Gasteiger partial charge in [0.05, 0.1) is 0 Å². The van der Waals surface area contributed by atoms with Crippen LogP contribution < -0.4 is 5.32 Å². The zero-order chi connectivity index (χ0) is 11.2. The smallest absolute Gasteiger partial charge is 0.0104 e. The minimum absolute atomic E-state index is 0.859. The van der Waals surface area contributed by atoms with Gasteiger partial charge in [0.1, 0.15) is 0 Å². The van der Waals surface area contributed by atoms with Crippen molar-refractivity contribution < 1.29 is 0 Å². The van der Waals surface area contributed by atoms with E-state index in [0.717, 1.165) is 6.04 Å². The Bertz CT molecular complexity index is 186. The number of hydrogen-bond acceptors (Lipinski definition) is 3. The van der Waals surface area contributed by atoms with Crippen molar-refractivity contribution in [2.45, 2.75) is 38.1 Å². The lowest BCUT2D eigenvalue weighted by molar-refractivity contribution is 0.279. The molecule has 1 aliphatic carbocycles. The summed E-state index contributed by atoms with van der Waals surface area (Å²) in [6.45, 7) is 7.62. The van der Waals surface area contributed by atoms with Crippen LogP contribution in [-0.2, 0) is 0 Å². The highest BCUT2D eigenvalue weighted by molar-refractivity contribution is 4.80. The molecule has 16 heavy (non-hydrogen) atoms. The van der Waals surface area contributed by atoms with Crippen LogP contribution in [0.25, 0.3) is 0 Å². The highest BCUT2D eigenvalue weighted by Crippen LogP contribution is 2.17. The van der Waals surface area contributed by atoms with Crippen molar-refractivity contribution in [3.05, 3.63) is 0 Å². The van der Waals surface area contributed by atoms with Crippen LogP contribution in [0, 0.1) is 0 Å². The normalized spacial score (nSPS) is 22.1. The molecule has 0 aromatic carbocycles. The topological polar surface area (TPSA) is 18.5 Å². The fourth-order valence-corrected chi connectivity index (χ4v) is 2.43. The zero-order valence-electron chi connectivity index (χ0n) is 10.7. The third kappa shape index (κ3) is 4.81. The van der Waals surface area contributed by atoms with Crippen molar-refractivity contribution in [1.29, 1.82) is 0 Å². The van der Waals surface area contributed by atoms with Crippen LogP contribution in [0.15, 0.2) is 0 Å². The maximum Gasteiger partial charge on any atom is 0.0104 e. The van der Waals surface area contributed by atoms with Gasteiger partial charge < -0.3 is 15.1 Å². The maximum atomic E-state index is 3.57. The molecule has 0 unspecified atom stereocenters. The molecule has 2 aliphatic rings. The summed E-state index contributed by atoms with van der Waals surface area (Å²) in [5.41, 5.74) is 0. The van der Waals surface area contributed by atoms with Gasteiger partial charge in [0.25, 0.3) is 0 Å². The molecule has 0 aromatic heterocycles. The van der Waals surface area contributed by atoms with Crippen molar-refractivity contribution in [3.63, 3.8) is 0 Å². The van der Waals surface area contributed by atoms with E-state index in [1.807, 2.05) is 0 Å². The molecule has 1 aliphatic heterocycles. The second kappa shape index (κ2) is 6.58. The summed E-state index contributed by atoms with van der Waals surface area (Å²) < 4.78 is 0. The molecule has 0 radical (unpaired) electrons. The molecular formula is C13H27N3. The first kappa shape index (κ1) is 12.3. The van der Waals surface area contributed by atoms with Crippen molar-refractivity contribution in [2.75, 3.05) is 46.3 Å². The fourth-order valence-electron chi connectivity index (χ4n) is 2.43. The van der Waals surface area contributed by atoms with Crippen LogP contribution in [-0.4, -0.2) is 62.2 Å². The fraction of sp³-hybridized carbons (Fsp3) is 1.00. The Hall–Kier alpha value is -0.120. The largest absolute Gasteiger partial charge is 0.313 e. The Morgan fingerprint density at radius 2 is 1.94 bits per heavy atom. The SMILES string of the molecule is CN(CCCN1CCCC1)CCNC1CC1. The minimum Gasteiger partial charge on any atom is -0.313 e. The van der Waals surface area contributed by atoms with Gasteiger partial charge in [0, 0.05) is 19.1 Å². The van der Waals surface area contributed by atoms with Gasteiger partial charge in [-0.3, -0.25) is 0 Å². The van der Waals surface area contributed by atoms with Crippen LogP contribution in [0.4, 0.5) is 0 Å². The Morgan fingerprint density at radius 3 is 2.62 bits per heavy atom. The van der Waals surface area contributed by atoms with Gasteiger partial charge in [-0.1, -0.05) is 0 Å². The van der Waals surface area contributed by atoms with Crippen LogP contribution >= 0.6 is 0 Å². The summed E-state index contributed by atoms with van der Waals surface area (Å²) in [5, 5.41) is 3.57. The standard InChI is InChI=1S/C13H27N3/c1-15(12-7-14-13-5-6-13)8-4-11-16-9-2-3-10-16/h13-14H,2-12H2,1H3. The van der Waals surface area contributed by atoms with E-state index in [1.165, 1.54) is 71.4 Å². The Morgan fingerprint density at radius 1 is 1.19 bits per heavy atom. The van der Waals surface area contributed by atoms with Crippen LogP contribution in [0.3, 0.4) is 0 Å². The lowest BCUT2D eigenvalue weighted by atomic mass is 10.3. The molecule has 1 N–H and O–H groups in total. The molecule has 1 heterocycles. The van der Waals surface area contributed by atoms with Gasteiger partial charge in [0.2, 0.25) is 0 Å². The van der Waals surface area contributed by atoms with Gasteiger partial charge in [-0.15, -0.1) is 0 Å². The molecular weight excluding hydrogens is 198 g/mol. The van der Waals surface area contributed by atoms with Crippen molar-refractivity contribution in [1.82, 2.24) is 15.1 Å². The number of nitrogens with one attached hydrogen (secondary N) is 1. The lowest BCUT2D eigenvalue weighted by Crippen LogP contribution is -2.32. The van der Waals surface area contributed by atoms with Crippen molar-refractivity contribution >= 4 is 0 Å². The van der Waals surface area contributed by atoms with Crippen LogP contribution in [0.1, 0.15) is 32.1 Å². The van der Waals surface area contributed by atoms with E-state index in [1.54, 1.807) is 0 Å².